The molecule has 98 valence electrons. The lowest BCUT2D eigenvalue weighted by Crippen LogP contribution is -2.34. The van der Waals surface area contributed by atoms with E-state index in [4.69, 9.17) is 4.74 Å². The summed E-state index contributed by atoms with van der Waals surface area (Å²) in [5.41, 5.74) is 0.336. The summed E-state index contributed by atoms with van der Waals surface area (Å²) in [6, 6.07) is 3.80. The van der Waals surface area contributed by atoms with Crippen molar-refractivity contribution in [1.29, 1.82) is 0 Å². The zero-order valence-corrected chi connectivity index (χ0v) is 9.89. The number of nitro groups is 1. The predicted molar refractivity (Wildman–Crippen MR) is 63.7 cm³/mol. The van der Waals surface area contributed by atoms with Gasteiger partial charge in [0.25, 0.3) is 5.69 Å². The SMILES string of the molecule is O=[N+]([O-])c1ccc(F)cc1CNC1CCOCC1. The zero-order chi connectivity index (χ0) is 13.0. The van der Waals surface area contributed by atoms with E-state index in [0.717, 1.165) is 18.9 Å². The van der Waals surface area contributed by atoms with Crippen molar-refractivity contribution in [3.05, 3.63) is 39.7 Å². The van der Waals surface area contributed by atoms with Crippen LogP contribution in [0, 0.1) is 15.9 Å². The Hall–Kier alpha value is -1.53. The number of halogens is 1. The summed E-state index contributed by atoms with van der Waals surface area (Å²) < 4.78 is 18.3. The van der Waals surface area contributed by atoms with Crippen LogP contribution >= 0.6 is 0 Å². The van der Waals surface area contributed by atoms with Gasteiger partial charge in [0.15, 0.2) is 0 Å². The largest absolute Gasteiger partial charge is 0.381 e. The van der Waals surface area contributed by atoms with Crippen molar-refractivity contribution >= 4 is 5.69 Å². The second kappa shape index (κ2) is 5.88. The summed E-state index contributed by atoms with van der Waals surface area (Å²) in [5.74, 6) is -0.454. The van der Waals surface area contributed by atoms with Gasteiger partial charge < -0.3 is 10.1 Å². The molecule has 1 aliphatic heterocycles. The number of nitro benzene ring substituents is 1. The third kappa shape index (κ3) is 3.24. The first kappa shape index (κ1) is 12.9. The van der Waals surface area contributed by atoms with E-state index in [-0.39, 0.29) is 11.7 Å². The summed E-state index contributed by atoms with van der Waals surface area (Å²) in [6.07, 6.45) is 1.76. The summed E-state index contributed by atoms with van der Waals surface area (Å²) >= 11 is 0. The summed E-state index contributed by atoms with van der Waals surface area (Å²) in [6.45, 7) is 1.70. The lowest BCUT2D eigenvalue weighted by molar-refractivity contribution is -0.385. The minimum Gasteiger partial charge on any atom is -0.381 e. The molecule has 6 heteroatoms. The lowest BCUT2D eigenvalue weighted by Gasteiger charge is -2.23. The second-order valence-corrected chi connectivity index (χ2v) is 4.30. The summed E-state index contributed by atoms with van der Waals surface area (Å²) in [7, 11) is 0. The van der Waals surface area contributed by atoms with Crippen molar-refractivity contribution in [2.45, 2.75) is 25.4 Å². The Morgan fingerprint density at radius 3 is 2.83 bits per heavy atom. The number of nitrogens with one attached hydrogen (secondary N) is 1. The smallest absolute Gasteiger partial charge is 0.274 e. The van der Waals surface area contributed by atoms with Crippen molar-refractivity contribution in [2.24, 2.45) is 0 Å². The maximum atomic E-state index is 13.1. The fraction of sp³-hybridized carbons (Fsp3) is 0.500. The third-order valence-electron chi connectivity index (χ3n) is 3.04. The van der Waals surface area contributed by atoms with E-state index in [0.29, 0.717) is 25.3 Å². The number of rotatable bonds is 4. The Kier molecular flexibility index (Phi) is 4.22. The highest BCUT2D eigenvalue weighted by molar-refractivity contribution is 5.40. The Balaban J connectivity index is 2.03. The van der Waals surface area contributed by atoms with Gasteiger partial charge in [0.1, 0.15) is 5.82 Å². The van der Waals surface area contributed by atoms with E-state index in [9.17, 15) is 14.5 Å². The molecule has 0 amide bonds. The van der Waals surface area contributed by atoms with Crippen LogP contribution < -0.4 is 5.32 Å². The molecular weight excluding hydrogens is 239 g/mol. The quantitative estimate of drug-likeness (QED) is 0.659. The van der Waals surface area contributed by atoms with Crippen LogP contribution in [0.15, 0.2) is 18.2 Å². The van der Waals surface area contributed by atoms with E-state index in [1.807, 2.05) is 0 Å². The molecule has 0 aromatic heterocycles. The van der Waals surface area contributed by atoms with Gasteiger partial charge in [-0.15, -0.1) is 0 Å². The topological polar surface area (TPSA) is 64.4 Å². The lowest BCUT2D eigenvalue weighted by atomic mass is 10.1. The van der Waals surface area contributed by atoms with Gasteiger partial charge in [0.2, 0.25) is 0 Å². The molecule has 0 radical (unpaired) electrons. The second-order valence-electron chi connectivity index (χ2n) is 4.30. The Bertz CT molecular complexity index is 433. The molecule has 1 aromatic carbocycles. The van der Waals surface area contributed by atoms with Gasteiger partial charge in [0, 0.05) is 37.4 Å². The van der Waals surface area contributed by atoms with Crippen LogP contribution in [0.1, 0.15) is 18.4 Å². The molecule has 0 atom stereocenters. The van der Waals surface area contributed by atoms with Gasteiger partial charge in [-0.05, 0) is 25.0 Å². The van der Waals surface area contributed by atoms with E-state index in [2.05, 4.69) is 5.32 Å². The van der Waals surface area contributed by atoms with Gasteiger partial charge in [-0.2, -0.15) is 0 Å². The van der Waals surface area contributed by atoms with Crippen LogP contribution in [-0.2, 0) is 11.3 Å². The van der Waals surface area contributed by atoms with Crippen molar-refractivity contribution in [2.75, 3.05) is 13.2 Å². The number of benzene rings is 1. The van der Waals surface area contributed by atoms with Crippen LogP contribution in [0.3, 0.4) is 0 Å². The molecule has 2 rings (SSSR count). The van der Waals surface area contributed by atoms with E-state index in [1.54, 1.807) is 0 Å². The molecule has 1 heterocycles. The van der Waals surface area contributed by atoms with Crippen LogP contribution in [0.5, 0.6) is 0 Å². The van der Waals surface area contributed by atoms with Crippen LogP contribution in [0.25, 0.3) is 0 Å². The predicted octanol–water partition coefficient (Wildman–Crippen LogP) is 2.00. The average Bonchev–Trinajstić information content (AvgIpc) is 2.37. The van der Waals surface area contributed by atoms with Gasteiger partial charge >= 0.3 is 0 Å². The first-order chi connectivity index (χ1) is 8.66. The minimum atomic E-state index is -0.486. The number of hydrogen-bond acceptors (Lipinski definition) is 4. The summed E-state index contributed by atoms with van der Waals surface area (Å²) in [4.78, 5) is 10.3. The van der Waals surface area contributed by atoms with E-state index < -0.39 is 10.7 Å². The molecule has 0 unspecified atom stereocenters. The molecule has 0 aliphatic carbocycles. The Morgan fingerprint density at radius 1 is 1.44 bits per heavy atom. The monoisotopic (exact) mass is 254 g/mol. The number of hydrogen-bond donors (Lipinski definition) is 1. The van der Waals surface area contributed by atoms with Crippen molar-refractivity contribution in [3.8, 4) is 0 Å². The standard InChI is InChI=1S/C12H15FN2O3/c13-10-1-2-12(15(16)17)9(7-10)8-14-11-3-5-18-6-4-11/h1-2,7,11,14H,3-6,8H2. The average molecular weight is 254 g/mol. The molecule has 1 aromatic rings. The van der Waals surface area contributed by atoms with Crippen molar-refractivity contribution in [3.63, 3.8) is 0 Å². The Morgan fingerprint density at radius 2 is 2.17 bits per heavy atom. The van der Waals surface area contributed by atoms with E-state index in [1.165, 1.54) is 12.1 Å². The molecule has 18 heavy (non-hydrogen) atoms. The van der Waals surface area contributed by atoms with Gasteiger partial charge in [-0.1, -0.05) is 0 Å². The first-order valence-corrected chi connectivity index (χ1v) is 5.91. The van der Waals surface area contributed by atoms with Crippen LogP contribution in [0.4, 0.5) is 10.1 Å². The van der Waals surface area contributed by atoms with E-state index >= 15 is 0 Å². The number of ether oxygens (including phenoxy) is 1. The molecule has 0 spiro atoms. The van der Waals surface area contributed by atoms with Crippen molar-refractivity contribution < 1.29 is 14.1 Å². The van der Waals surface area contributed by atoms with Gasteiger partial charge in [-0.25, -0.2) is 4.39 Å². The highest BCUT2D eigenvalue weighted by Gasteiger charge is 2.17. The molecule has 0 saturated carbocycles. The zero-order valence-electron chi connectivity index (χ0n) is 9.89. The van der Waals surface area contributed by atoms with Gasteiger partial charge in [-0.3, -0.25) is 10.1 Å². The van der Waals surface area contributed by atoms with Crippen LogP contribution in [0.2, 0.25) is 0 Å². The molecule has 0 bridgehead atoms. The number of nitrogens with zero attached hydrogens (tertiary/aromatic N) is 1. The fourth-order valence-corrected chi connectivity index (χ4v) is 2.03. The fourth-order valence-electron chi connectivity index (χ4n) is 2.03. The molecular formula is C12H15FN2O3. The third-order valence-corrected chi connectivity index (χ3v) is 3.04. The van der Waals surface area contributed by atoms with Crippen molar-refractivity contribution in [1.82, 2.24) is 5.32 Å². The maximum absolute atomic E-state index is 13.1. The van der Waals surface area contributed by atoms with Gasteiger partial charge in [0.05, 0.1) is 4.92 Å². The normalized spacial score (nSPS) is 16.7. The maximum Gasteiger partial charge on any atom is 0.274 e. The molecule has 5 nitrogen and oxygen atoms in total. The molecule has 1 N–H and O–H groups in total. The van der Waals surface area contributed by atoms with Crippen LogP contribution in [-0.4, -0.2) is 24.2 Å². The minimum absolute atomic E-state index is 0.0454. The molecule has 1 fully saturated rings. The highest BCUT2D eigenvalue weighted by Crippen LogP contribution is 2.20. The first-order valence-electron chi connectivity index (χ1n) is 5.91. The summed E-state index contributed by atoms with van der Waals surface area (Å²) in [5, 5.41) is 14.0. The molecule has 1 aliphatic rings. The highest BCUT2D eigenvalue weighted by atomic mass is 19.1. The Labute approximate surface area is 104 Å². The molecule has 1 saturated heterocycles.